The maximum absolute atomic E-state index is 13.6. The van der Waals surface area contributed by atoms with Gasteiger partial charge in [0.2, 0.25) is 0 Å². The smallest absolute Gasteiger partial charge is 0.167 e. The van der Waals surface area contributed by atoms with Crippen LogP contribution in [-0.4, -0.2) is 36.9 Å². The summed E-state index contributed by atoms with van der Waals surface area (Å²) < 4.78 is 5.32. The van der Waals surface area contributed by atoms with E-state index in [1.54, 1.807) is 7.11 Å². The van der Waals surface area contributed by atoms with Gasteiger partial charge in [-0.3, -0.25) is 9.69 Å². The van der Waals surface area contributed by atoms with Gasteiger partial charge in [0, 0.05) is 24.1 Å². The van der Waals surface area contributed by atoms with Crippen molar-refractivity contribution in [2.75, 3.05) is 20.2 Å². The molecule has 0 bridgehead atoms. The van der Waals surface area contributed by atoms with Crippen LogP contribution in [0.5, 0.6) is 5.75 Å². The SMILES string of the molecule is CCCC(C)N1CC[C@@H](C(C)C)[C@@H](C(=O)c2ccc3cc(OC)ccc3c2)C1. The minimum Gasteiger partial charge on any atom is -0.497 e. The lowest BCUT2D eigenvalue weighted by Crippen LogP contribution is -2.48. The molecule has 3 nitrogen and oxygen atoms in total. The third-order valence-electron chi connectivity index (χ3n) is 6.55. The van der Waals surface area contributed by atoms with Gasteiger partial charge in [0.1, 0.15) is 5.75 Å². The number of hydrogen-bond acceptors (Lipinski definition) is 3. The average molecular weight is 382 g/mol. The van der Waals surface area contributed by atoms with Gasteiger partial charge >= 0.3 is 0 Å². The molecule has 3 atom stereocenters. The summed E-state index contributed by atoms with van der Waals surface area (Å²) in [5.41, 5.74) is 0.846. The summed E-state index contributed by atoms with van der Waals surface area (Å²) >= 11 is 0. The van der Waals surface area contributed by atoms with Gasteiger partial charge in [0.05, 0.1) is 7.11 Å². The highest BCUT2D eigenvalue weighted by molar-refractivity contribution is 6.01. The van der Waals surface area contributed by atoms with Crippen molar-refractivity contribution in [2.45, 2.75) is 53.0 Å². The van der Waals surface area contributed by atoms with E-state index in [0.29, 0.717) is 23.7 Å². The van der Waals surface area contributed by atoms with Gasteiger partial charge in [-0.2, -0.15) is 0 Å². The Bertz CT molecular complexity index is 813. The molecule has 2 aromatic carbocycles. The molecule has 2 aromatic rings. The largest absolute Gasteiger partial charge is 0.497 e. The van der Waals surface area contributed by atoms with Crippen LogP contribution in [0.1, 0.15) is 57.3 Å². The maximum atomic E-state index is 13.6. The van der Waals surface area contributed by atoms with Crippen LogP contribution in [0.3, 0.4) is 0 Å². The molecule has 28 heavy (non-hydrogen) atoms. The van der Waals surface area contributed by atoms with E-state index in [2.05, 4.69) is 44.7 Å². The number of fused-ring (bicyclic) bond motifs is 1. The Balaban J connectivity index is 1.87. The van der Waals surface area contributed by atoms with E-state index < -0.39 is 0 Å². The summed E-state index contributed by atoms with van der Waals surface area (Å²) in [6.07, 6.45) is 3.51. The number of ether oxygens (including phenoxy) is 1. The van der Waals surface area contributed by atoms with Gasteiger partial charge < -0.3 is 4.74 Å². The molecule has 1 aliphatic heterocycles. The van der Waals surface area contributed by atoms with Crippen LogP contribution in [-0.2, 0) is 0 Å². The minimum absolute atomic E-state index is 0.0868. The van der Waals surface area contributed by atoms with E-state index in [-0.39, 0.29) is 5.92 Å². The van der Waals surface area contributed by atoms with Crippen molar-refractivity contribution in [3.05, 3.63) is 42.0 Å². The molecule has 0 N–H and O–H groups in total. The lowest BCUT2D eigenvalue weighted by molar-refractivity contribution is 0.0488. The summed E-state index contributed by atoms with van der Waals surface area (Å²) in [6.45, 7) is 11.1. The Labute approximate surface area is 170 Å². The fourth-order valence-electron chi connectivity index (χ4n) is 4.79. The number of nitrogens with zero attached hydrogens (tertiary/aromatic N) is 1. The molecule has 0 amide bonds. The number of hydrogen-bond donors (Lipinski definition) is 0. The second kappa shape index (κ2) is 9.09. The van der Waals surface area contributed by atoms with Crippen molar-refractivity contribution in [3.63, 3.8) is 0 Å². The molecule has 1 unspecified atom stereocenters. The van der Waals surface area contributed by atoms with Crippen molar-refractivity contribution in [2.24, 2.45) is 17.8 Å². The topological polar surface area (TPSA) is 29.5 Å². The highest BCUT2D eigenvalue weighted by Crippen LogP contribution is 2.34. The highest BCUT2D eigenvalue weighted by Gasteiger charge is 2.37. The molecular weight excluding hydrogens is 346 g/mol. The number of methoxy groups -OCH3 is 1. The Morgan fingerprint density at radius 1 is 1.14 bits per heavy atom. The van der Waals surface area contributed by atoms with Gasteiger partial charge in [0.15, 0.2) is 5.78 Å². The molecule has 0 saturated carbocycles. The third kappa shape index (κ3) is 4.41. The van der Waals surface area contributed by atoms with E-state index >= 15 is 0 Å². The van der Waals surface area contributed by atoms with Crippen molar-refractivity contribution in [1.82, 2.24) is 4.90 Å². The Morgan fingerprint density at radius 2 is 1.86 bits per heavy atom. The number of piperidine rings is 1. The van der Waals surface area contributed by atoms with Crippen molar-refractivity contribution in [1.29, 1.82) is 0 Å². The molecule has 1 aliphatic rings. The Hall–Kier alpha value is -1.87. The summed E-state index contributed by atoms with van der Waals surface area (Å²) in [5.74, 6) is 2.24. The molecule has 152 valence electrons. The van der Waals surface area contributed by atoms with Gasteiger partial charge in [-0.1, -0.05) is 45.4 Å². The van der Waals surface area contributed by atoms with E-state index in [9.17, 15) is 4.79 Å². The van der Waals surface area contributed by atoms with E-state index in [4.69, 9.17) is 4.74 Å². The molecule has 0 spiro atoms. The molecule has 0 aromatic heterocycles. The zero-order valence-corrected chi connectivity index (χ0v) is 18.1. The number of carbonyl (C=O) groups is 1. The highest BCUT2D eigenvalue weighted by atomic mass is 16.5. The van der Waals surface area contributed by atoms with Crippen LogP contribution >= 0.6 is 0 Å². The first-order valence-electron chi connectivity index (χ1n) is 10.8. The standard InChI is InChI=1S/C25H35NO2/c1-6-7-18(4)26-13-12-23(17(2)3)24(16-26)25(27)21-9-8-20-15-22(28-5)11-10-19(20)14-21/h8-11,14-15,17-18,23-24H,6-7,12-13,16H2,1-5H3/t18?,23-,24-/m0/s1. The van der Waals surface area contributed by atoms with Gasteiger partial charge in [-0.25, -0.2) is 0 Å². The van der Waals surface area contributed by atoms with Crippen molar-refractivity contribution < 1.29 is 9.53 Å². The van der Waals surface area contributed by atoms with Crippen LogP contribution in [0.4, 0.5) is 0 Å². The van der Waals surface area contributed by atoms with Crippen molar-refractivity contribution in [3.8, 4) is 5.75 Å². The fraction of sp³-hybridized carbons (Fsp3) is 0.560. The first kappa shape index (κ1) is 20.9. The molecule has 1 heterocycles. The summed E-state index contributed by atoms with van der Waals surface area (Å²) in [5, 5.41) is 2.21. The summed E-state index contributed by atoms with van der Waals surface area (Å²) in [4.78, 5) is 16.1. The monoisotopic (exact) mass is 381 g/mol. The first-order chi connectivity index (χ1) is 13.4. The lowest BCUT2D eigenvalue weighted by Gasteiger charge is -2.42. The number of Topliss-reactive ketones (excluding diaryl/α,β-unsaturated/α-hetero) is 1. The predicted octanol–water partition coefficient (Wildman–Crippen LogP) is 5.81. The van der Waals surface area contributed by atoms with Crippen LogP contribution in [0.2, 0.25) is 0 Å². The predicted molar refractivity (Wildman–Crippen MR) is 117 cm³/mol. The van der Waals surface area contributed by atoms with E-state index in [0.717, 1.165) is 41.6 Å². The van der Waals surface area contributed by atoms with Gasteiger partial charge in [-0.15, -0.1) is 0 Å². The number of carbonyl (C=O) groups excluding carboxylic acids is 1. The molecule has 1 saturated heterocycles. The number of rotatable bonds is 7. The van der Waals surface area contributed by atoms with Gasteiger partial charge in [0.25, 0.3) is 0 Å². The van der Waals surface area contributed by atoms with Crippen LogP contribution < -0.4 is 4.74 Å². The van der Waals surface area contributed by atoms with Crippen LogP contribution in [0, 0.1) is 17.8 Å². The van der Waals surface area contributed by atoms with Gasteiger partial charge in [-0.05, 0) is 67.1 Å². The quantitative estimate of drug-likeness (QED) is 0.567. The second-order valence-electron chi connectivity index (χ2n) is 8.73. The van der Waals surface area contributed by atoms with E-state index in [1.165, 1.54) is 12.8 Å². The molecule has 0 radical (unpaired) electrons. The van der Waals surface area contributed by atoms with Crippen LogP contribution in [0.25, 0.3) is 10.8 Å². The fourth-order valence-corrected chi connectivity index (χ4v) is 4.79. The number of benzene rings is 2. The average Bonchev–Trinajstić information content (AvgIpc) is 2.72. The maximum Gasteiger partial charge on any atom is 0.167 e. The Kier molecular flexibility index (Phi) is 6.77. The molecule has 3 heteroatoms. The van der Waals surface area contributed by atoms with E-state index in [1.807, 2.05) is 24.3 Å². The summed E-state index contributed by atoms with van der Waals surface area (Å²) in [6, 6.07) is 12.7. The molecular formula is C25H35NO2. The zero-order valence-electron chi connectivity index (χ0n) is 18.1. The minimum atomic E-state index is 0.0868. The Morgan fingerprint density at radius 3 is 2.54 bits per heavy atom. The number of ketones is 1. The number of likely N-dealkylation sites (tertiary alicyclic amines) is 1. The molecule has 0 aliphatic carbocycles. The molecule has 1 fully saturated rings. The molecule has 3 rings (SSSR count). The third-order valence-corrected chi connectivity index (χ3v) is 6.55. The summed E-state index contributed by atoms with van der Waals surface area (Å²) in [7, 11) is 1.68. The first-order valence-corrected chi connectivity index (χ1v) is 10.8. The zero-order chi connectivity index (χ0) is 20.3. The normalized spacial score (nSPS) is 21.8. The van der Waals surface area contributed by atoms with Crippen LogP contribution in [0.15, 0.2) is 36.4 Å². The second-order valence-corrected chi connectivity index (χ2v) is 8.73. The van der Waals surface area contributed by atoms with Crippen molar-refractivity contribution >= 4 is 16.6 Å². The lowest BCUT2D eigenvalue weighted by atomic mass is 9.74.